The summed E-state index contributed by atoms with van der Waals surface area (Å²) in [4.78, 5) is 0.350. The minimum Gasteiger partial charge on any atom is -0.381 e. The number of nitrogens with one attached hydrogen (secondary N) is 1. The van der Waals surface area contributed by atoms with Crippen LogP contribution in [0.1, 0.15) is 32.1 Å². The number of hydrogen-bond acceptors (Lipinski definition) is 4. The van der Waals surface area contributed by atoms with Crippen molar-refractivity contribution in [3.63, 3.8) is 0 Å². The Hall–Kier alpha value is -1.07. The standard InChI is InChI=1S/C14H22N2O2S/c1-19(17,18)12-9-7-11(8-10-12)16-14-6-4-2-3-5-13(14)15/h7-10,13-14,16H,2-6,15H2,1H3. The van der Waals surface area contributed by atoms with Gasteiger partial charge in [0.15, 0.2) is 9.84 Å². The summed E-state index contributed by atoms with van der Waals surface area (Å²) in [5, 5.41) is 3.43. The molecule has 0 aliphatic heterocycles. The van der Waals surface area contributed by atoms with Gasteiger partial charge < -0.3 is 11.1 Å². The molecule has 5 heteroatoms. The van der Waals surface area contributed by atoms with E-state index in [4.69, 9.17) is 5.73 Å². The van der Waals surface area contributed by atoms with E-state index in [9.17, 15) is 8.42 Å². The van der Waals surface area contributed by atoms with Crippen LogP contribution >= 0.6 is 0 Å². The van der Waals surface area contributed by atoms with E-state index in [-0.39, 0.29) is 12.1 Å². The molecule has 2 rings (SSSR count). The molecule has 1 aliphatic carbocycles. The van der Waals surface area contributed by atoms with Crippen molar-refractivity contribution in [3.05, 3.63) is 24.3 Å². The molecule has 1 aliphatic rings. The molecule has 0 heterocycles. The van der Waals surface area contributed by atoms with Crippen LogP contribution in [0.4, 0.5) is 5.69 Å². The van der Waals surface area contributed by atoms with Crippen molar-refractivity contribution in [1.82, 2.24) is 0 Å². The van der Waals surface area contributed by atoms with Crippen molar-refractivity contribution in [1.29, 1.82) is 0 Å². The first-order valence-electron chi connectivity index (χ1n) is 6.79. The quantitative estimate of drug-likeness (QED) is 0.833. The van der Waals surface area contributed by atoms with Gasteiger partial charge >= 0.3 is 0 Å². The van der Waals surface area contributed by atoms with Gasteiger partial charge in [-0.1, -0.05) is 19.3 Å². The van der Waals surface area contributed by atoms with Crippen molar-refractivity contribution in [3.8, 4) is 0 Å². The van der Waals surface area contributed by atoms with E-state index in [1.165, 1.54) is 25.5 Å². The topological polar surface area (TPSA) is 72.2 Å². The van der Waals surface area contributed by atoms with E-state index in [0.29, 0.717) is 4.90 Å². The molecule has 2 unspecified atom stereocenters. The molecule has 0 saturated heterocycles. The van der Waals surface area contributed by atoms with E-state index >= 15 is 0 Å². The summed E-state index contributed by atoms with van der Waals surface area (Å²) in [6.07, 6.45) is 7.00. The van der Waals surface area contributed by atoms with Crippen LogP contribution in [0.5, 0.6) is 0 Å². The van der Waals surface area contributed by atoms with E-state index in [1.54, 1.807) is 12.1 Å². The lowest BCUT2D eigenvalue weighted by Crippen LogP contribution is -2.39. The normalized spacial score (nSPS) is 24.7. The molecule has 0 amide bonds. The first-order valence-corrected chi connectivity index (χ1v) is 8.68. The molecule has 4 nitrogen and oxygen atoms in total. The van der Waals surface area contributed by atoms with Gasteiger partial charge in [0.25, 0.3) is 0 Å². The summed E-state index contributed by atoms with van der Waals surface area (Å²) in [6, 6.07) is 7.37. The van der Waals surface area contributed by atoms with Gasteiger partial charge in [0.2, 0.25) is 0 Å². The molecular weight excluding hydrogens is 260 g/mol. The maximum absolute atomic E-state index is 11.4. The van der Waals surface area contributed by atoms with E-state index in [2.05, 4.69) is 5.32 Å². The molecule has 3 N–H and O–H groups in total. The molecular formula is C14H22N2O2S. The van der Waals surface area contributed by atoms with Crippen molar-refractivity contribution in [2.75, 3.05) is 11.6 Å². The molecule has 0 aromatic heterocycles. The molecule has 19 heavy (non-hydrogen) atoms. The summed E-state index contributed by atoms with van der Waals surface area (Å²) in [5.74, 6) is 0. The van der Waals surface area contributed by atoms with Crippen LogP contribution in [0.3, 0.4) is 0 Å². The lowest BCUT2D eigenvalue weighted by atomic mass is 10.0. The lowest BCUT2D eigenvalue weighted by molar-refractivity contribution is 0.528. The molecule has 1 fully saturated rings. The van der Waals surface area contributed by atoms with Crippen LogP contribution in [0, 0.1) is 0 Å². The minimum absolute atomic E-state index is 0.178. The lowest BCUT2D eigenvalue weighted by Gasteiger charge is -2.23. The summed E-state index contributed by atoms with van der Waals surface area (Å²) in [5.41, 5.74) is 7.11. The molecule has 0 bridgehead atoms. The van der Waals surface area contributed by atoms with E-state index in [0.717, 1.165) is 18.5 Å². The Kier molecular flexibility index (Phi) is 4.47. The second kappa shape index (κ2) is 5.92. The molecule has 1 aromatic carbocycles. The third-order valence-corrected chi connectivity index (χ3v) is 4.83. The molecule has 1 saturated carbocycles. The third kappa shape index (κ3) is 3.94. The van der Waals surface area contributed by atoms with Crippen LogP contribution in [0.25, 0.3) is 0 Å². The largest absolute Gasteiger partial charge is 0.381 e. The Bertz CT molecular complexity index is 511. The first kappa shape index (κ1) is 14.3. The second-order valence-corrected chi connectivity index (χ2v) is 7.36. The monoisotopic (exact) mass is 282 g/mol. The molecule has 0 spiro atoms. The highest BCUT2D eigenvalue weighted by Crippen LogP contribution is 2.21. The predicted molar refractivity (Wildman–Crippen MR) is 78.0 cm³/mol. The Labute approximate surface area is 115 Å². The van der Waals surface area contributed by atoms with Gasteiger partial charge in [-0.25, -0.2) is 8.42 Å². The smallest absolute Gasteiger partial charge is 0.175 e. The van der Waals surface area contributed by atoms with Crippen LogP contribution in [-0.2, 0) is 9.84 Å². The highest BCUT2D eigenvalue weighted by molar-refractivity contribution is 7.90. The molecule has 0 radical (unpaired) electrons. The fourth-order valence-electron chi connectivity index (χ4n) is 2.53. The number of nitrogens with two attached hydrogens (primary N) is 1. The third-order valence-electron chi connectivity index (χ3n) is 3.70. The average Bonchev–Trinajstić information content (AvgIpc) is 2.55. The highest BCUT2D eigenvalue weighted by Gasteiger charge is 2.20. The number of rotatable bonds is 3. The van der Waals surface area contributed by atoms with Gasteiger partial charge in [-0.05, 0) is 37.1 Å². The van der Waals surface area contributed by atoms with Gasteiger partial charge in [0, 0.05) is 24.0 Å². The van der Waals surface area contributed by atoms with Gasteiger partial charge in [0.1, 0.15) is 0 Å². The van der Waals surface area contributed by atoms with Crippen LogP contribution in [-0.4, -0.2) is 26.8 Å². The number of sulfone groups is 1. The Morgan fingerprint density at radius 2 is 1.74 bits per heavy atom. The van der Waals surface area contributed by atoms with Crippen molar-refractivity contribution >= 4 is 15.5 Å². The van der Waals surface area contributed by atoms with Crippen molar-refractivity contribution in [2.24, 2.45) is 5.73 Å². The fourth-order valence-corrected chi connectivity index (χ4v) is 3.16. The second-order valence-electron chi connectivity index (χ2n) is 5.35. The first-order chi connectivity index (χ1) is 8.97. The van der Waals surface area contributed by atoms with Gasteiger partial charge in [-0.3, -0.25) is 0 Å². The van der Waals surface area contributed by atoms with Crippen LogP contribution < -0.4 is 11.1 Å². The average molecular weight is 282 g/mol. The van der Waals surface area contributed by atoms with Gasteiger partial charge in [-0.15, -0.1) is 0 Å². The fraction of sp³-hybridized carbons (Fsp3) is 0.571. The summed E-state index contributed by atoms with van der Waals surface area (Å²) >= 11 is 0. The molecule has 106 valence electrons. The highest BCUT2D eigenvalue weighted by atomic mass is 32.2. The summed E-state index contributed by atoms with van der Waals surface area (Å²) in [6.45, 7) is 0. The maximum Gasteiger partial charge on any atom is 0.175 e. The summed E-state index contributed by atoms with van der Waals surface area (Å²) in [7, 11) is -3.12. The Morgan fingerprint density at radius 1 is 1.11 bits per heavy atom. The number of hydrogen-bond donors (Lipinski definition) is 2. The van der Waals surface area contributed by atoms with E-state index < -0.39 is 9.84 Å². The van der Waals surface area contributed by atoms with Gasteiger partial charge in [-0.2, -0.15) is 0 Å². The SMILES string of the molecule is CS(=O)(=O)c1ccc(NC2CCCCCC2N)cc1. The van der Waals surface area contributed by atoms with Gasteiger partial charge in [0.05, 0.1) is 4.90 Å². The Balaban J connectivity index is 2.06. The maximum atomic E-state index is 11.4. The minimum atomic E-state index is -3.12. The summed E-state index contributed by atoms with van der Waals surface area (Å²) < 4.78 is 22.8. The molecule has 1 aromatic rings. The zero-order chi connectivity index (χ0) is 13.9. The zero-order valence-electron chi connectivity index (χ0n) is 11.3. The molecule has 2 atom stereocenters. The number of benzene rings is 1. The van der Waals surface area contributed by atoms with Crippen molar-refractivity contribution < 1.29 is 8.42 Å². The van der Waals surface area contributed by atoms with Crippen LogP contribution in [0.2, 0.25) is 0 Å². The number of anilines is 1. The predicted octanol–water partition coefficient (Wildman–Crippen LogP) is 2.16. The zero-order valence-corrected chi connectivity index (χ0v) is 12.1. The van der Waals surface area contributed by atoms with Crippen LogP contribution in [0.15, 0.2) is 29.2 Å². The van der Waals surface area contributed by atoms with E-state index in [1.807, 2.05) is 12.1 Å². The Morgan fingerprint density at radius 3 is 2.37 bits per heavy atom. The van der Waals surface area contributed by atoms with Crippen molar-refractivity contribution in [2.45, 2.75) is 49.1 Å².